The minimum atomic E-state index is -3.77. The molecule has 1 atom stereocenters. The molecule has 0 spiro atoms. The number of aromatic nitrogens is 2. The maximum Gasteiger partial charge on any atom is 0.307 e. The van der Waals surface area contributed by atoms with Gasteiger partial charge < -0.3 is 9.26 Å². The van der Waals surface area contributed by atoms with E-state index in [2.05, 4.69) is 14.9 Å². The van der Waals surface area contributed by atoms with E-state index in [1.807, 2.05) is 41.5 Å². The van der Waals surface area contributed by atoms with Gasteiger partial charge in [-0.1, -0.05) is 25.9 Å². The van der Waals surface area contributed by atoms with Crippen LogP contribution in [0.25, 0.3) is 0 Å². The van der Waals surface area contributed by atoms with Crippen LogP contribution < -0.4 is 4.72 Å². The molecule has 172 valence electrons. The third-order valence-electron chi connectivity index (χ3n) is 5.59. The zero-order chi connectivity index (χ0) is 23.7. The summed E-state index contributed by atoms with van der Waals surface area (Å²) in [4.78, 5) is 16.7. The minimum absolute atomic E-state index is 0.0736. The molecule has 0 aliphatic heterocycles. The van der Waals surface area contributed by atoms with Gasteiger partial charge in [-0.2, -0.15) is 4.98 Å². The average Bonchev–Trinajstić information content (AvgIpc) is 3.15. The number of nitrogens with one attached hydrogen (secondary N) is 1. The van der Waals surface area contributed by atoms with Crippen LogP contribution in [0, 0.1) is 34.6 Å². The van der Waals surface area contributed by atoms with Crippen molar-refractivity contribution in [3.8, 4) is 0 Å². The van der Waals surface area contributed by atoms with Gasteiger partial charge in [-0.3, -0.25) is 4.79 Å². The summed E-state index contributed by atoms with van der Waals surface area (Å²) in [6.45, 7) is 16.8. The number of carbonyl (C=O) groups excluding carboxylic acids is 1. The second kappa shape index (κ2) is 9.08. The van der Waals surface area contributed by atoms with Crippen molar-refractivity contribution in [2.45, 2.75) is 85.1 Å². The van der Waals surface area contributed by atoms with Gasteiger partial charge in [-0.25, -0.2) is 13.1 Å². The van der Waals surface area contributed by atoms with Crippen LogP contribution in [0.1, 0.15) is 79.8 Å². The second-order valence-electron chi connectivity index (χ2n) is 8.94. The standard InChI is InChI=1S/C22H33N3O5S/c1-12-13(2)15(4)19(16(5)14(12)3)31(27,28)23-11-10-18(26)29-17(6)20-24-21(25-30-20)22(7,8)9/h17,23H,10-11H2,1-9H3. The first kappa shape index (κ1) is 25.0. The van der Waals surface area contributed by atoms with Gasteiger partial charge >= 0.3 is 5.97 Å². The van der Waals surface area contributed by atoms with E-state index in [0.717, 1.165) is 27.8 Å². The van der Waals surface area contributed by atoms with Gasteiger partial charge in [0.15, 0.2) is 11.9 Å². The molecule has 0 aliphatic carbocycles. The predicted octanol–water partition coefficient (Wildman–Crippen LogP) is 3.88. The van der Waals surface area contributed by atoms with E-state index in [9.17, 15) is 13.2 Å². The zero-order valence-electron chi connectivity index (χ0n) is 19.8. The number of carbonyl (C=O) groups is 1. The molecule has 1 aromatic heterocycles. The molecule has 1 unspecified atom stereocenters. The summed E-state index contributed by atoms with van der Waals surface area (Å²) in [5.74, 6) is 0.165. The largest absolute Gasteiger partial charge is 0.452 e. The van der Waals surface area contributed by atoms with Crippen LogP contribution >= 0.6 is 0 Å². The van der Waals surface area contributed by atoms with Gasteiger partial charge in [-0.15, -0.1) is 0 Å². The van der Waals surface area contributed by atoms with Crippen LogP contribution in [-0.4, -0.2) is 31.1 Å². The van der Waals surface area contributed by atoms with Crippen molar-refractivity contribution in [2.75, 3.05) is 6.54 Å². The Morgan fingerprint density at radius 1 is 1.03 bits per heavy atom. The Morgan fingerprint density at radius 2 is 1.55 bits per heavy atom. The molecule has 1 N–H and O–H groups in total. The van der Waals surface area contributed by atoms with Gasteiger partial charge in [0.25, 0.3) is 5.89 Å². The molecule has 0 saturated carbocycles. The Hall–Kier alpha value is -2.26. The first-order valence-corrected chi connectivity index (χ1v) is 11.7. The molecule has 1 aromatic carbocycles. The molecule has 0 bridgehead atoms. The summed E-state index contributed by atoms with van der Waals surface area (Å²) < 4.78 is 38.8. The van der Waals surface area contributed by atoms with Crippen molar-refractivity contribution in [3.05, 3.63) is 39.5 Å². The van der Waals surface area contributed by atoms with Crippen molar-refractivity contribution in [3.63, 3.8) is 0 Å². The predicted molar refractivity (Wildman–Crippen MR) is 117 cm³/mol. The molecule has 9 heteroatoms. The second-order valence-corrected chi connectivity index (χ2v) is 10.6. The topological polar surface area (TPSA) is 111 Å². The number of ether oxygens (including phenoxy) is 1. The lowest BCUT2D eigenvalue weighted by Gasteiger charge is -2.19. The number of esters is 1. The third kappa shape index (κ3) is 5.51. The van der Waals surface area contributed by atoms with Crippen molar-refractivity contribution in [2.24, 2.45) is 0 Å². The number of benzene rings is 1. The van der Waals surface area contributed by atoms with E-state index < -0.39 is 22.1 Å². The fourth-order valence-electron chi connectivity index (χ4n) is 3.24. The summed E-state index contributed by atoms with van der Waals surface area (Å²) in [6, 6.07) is 0. The van der Waals surface area contributed by atoms with E-state index in [4.69, 9.17) is 9.26 Å². The molecule has 2 rings (SSSR count). The fourth-order valence-corrected chi connectivity index (χ4v) is 4.87. The van der Waals surface area contributed by atoms with Crippen LogP contribution in [0.3, 0.4) is 0 Å². The first-order valence-electron chi connectivity index (χ1n) is 10.3. The van der Waals surface area contributed by atoms with E-state index >= 15 is 0 Å². The Labute approximate surface area is 184 Å². The van der Waals surface area contributed by atoms with E-state index in [0.29, 0.717) is 5.82 Å². The zero-order valence-corrected chi connectivity index (χ0v) is 20.7. The lowest BCUT2D eigenvalue weighted by atomic mass is 9.95. The number of nitrogens with zero attached hydrogens (tertiary/aromatic N) is 2. The molecule has 8 nitrogen and oxygen atoms in total. The van der Waals surface area contributed by atoms with Crippen LogP contribution in [0.4, 0.5) is 0 Å². The molecule has 2 aromatic rings. The van der Waals surface area contributed by atoms with E-state index in [1.165, 1.54) is 0 Å². The lowest BCUT2D eigenvalue weighted by molar-refractivity contribution is -0.149. The van der Waals surface area contributed by atoms with E-state index in [-0.39, 0.29) is 29.2 Å². The highest BCUT2D eigenvalue weighted by molar-refractivity contribution is 7.89. The SMILES string of the molecule is Cc1c(C)c(C)c(S(=O)(=O)NCCC(=O)OC(C)c2nc(C(C)(C)C)no2)c(C)c1C. The van der Waals surface area contributed by atoms with Gasteiger partial charge in [0.05, 0.1) is 11.3 Å². The fraction of sp³-hybridized carbons (Fsp3) is 0.591. The highest BCUT2D eigenvalue weighted by atomic mass is 32.2. The Balaban J connectivity index is 2.02. The average molecular weight is 452 g/mol. The number of hydrogen-bond donors (Lipinski definition) is 1. The van der Waals surface area contributed by atoms with Crippen molar-refractivity contribution < 1.29 is 22.5 Å². The van der Waals surface area contributed by atoms with Crippen LogP contribution in [0.2, 0.25) is 0 Å². The third-order valence-corrected chi connectivity index (χ3v) is 7.32. The van der Waals surface area contributed by atoms with E-state index in [1.54, 1.807) is 20.8 Å². The first-order chi connectivity index (χ1) is 14.2. The molecular weight excluding hydrogens is 418 g/mol. The maximum absolute atomic E-state index is 12.9. The van der Waals surface area contributed by atoms with Crippen molar-refractivity contribution in [1.82, 2.24) is 14.9 Å². The van der Waals surface area contributed by atoms with Crippen molar-refractivity contribution >= 4 is 16.0 Å². The Morgan fingerprint density at radius 3 is 2.03 bits per heavy atom. The van der Waals surface area contributed by atoms with Gasteiger partial charge in [0, 0.05) is 12.0 Å². The summed E-state index contributed by atoms with van der Waals surface area (Å²) in [7, 11) is -3.77. The van der Waals surface area contributed by atoms with Gasteiger partial charge in [0.1, 0.15) is 0 Å². The monoisotopic (exact) mass is 451 g/mol. The highest BCUT2D eigenvalue weighted by Gasteiger charge is 2.26. The highest BCUT2D eigenvalue weighted by Crippen LogP contribution is 2.29. The quantitative estimate of drug-likeness (QED) is 0.636. The van der Waals surface area contributed by atoms with Gasteiger partial charge in [-0.05, 0) is 69.4 Å². The van der Waals surface area contributed by atoms with Crippen molar-refractivity contribution in [1.29, 1.82) is 0 Å². The Bertz CT molecular complexity index is 1050. The molecule has 31 heavy (non-hydrogen) atoms. The summed E-state index contributed by atoms with van der Waals surface area (Å²) in [5.41, 5.74) is 4.14. The summed E-state index contributed by atoms with van der Waals surface area (Å²) in [6.07, 6.45) is -0.842. The summed E-state index contributed by atoms with van der Waals surface area (Å²) >= 11 is 0. The normalized spacial score (nSPS) is 13.3. The maximum atomic E-state index is 12.9. The van der Waals surface area contributed by atoms with Crippen LogP contribution in [0.5, 0.6) is 0 Å². The molecule has 0 saturated heterocycles. The molecule has 0 radical (unpaired) electrons. The van der Waals surface area contributed by atoms with Crippen LogP contribution in [0.15, 0.2) is 9.42 Å². The molecule has 0 aliphatic rings. The van der Waals surface area contributed by atoms with Gasteiger partial charge in [0.2, 0.25) is 10.0 Å². The molecule has 1 heterocycles. The lowest BCUT2D eigenvalue weighted by Crippen LogP contribution is -2.28. The Kier molecular flexibility index (Phi) is 7.32. The number of hydrogen-bond acceptors (Lipinski definition) is 7. The number of sulfonamides is 1. The molecule has 0 fully saturated rings. The van der Waals surface area contributed by atoms with Crippen LogP contribution in [-0.2, 0) is 25.0 Å². The number of rotatable bonds is 7. The molecule has 0 amide bonds. The smallest absolute Gasteiger partial charge is 0.307 e. The molecular formula is C22H33N3O5S. The summed E-state index contributed by atoms with van der Waals surface area (Å²) in [5, 5.41) is 3.91. The minimum Gasteiger partial charge on any atom is -0.452 e.